The quantitative estimate of drug-likeness (QED) is 0.285. The van der Waals surface area contributed by atoms with E-state index in [2.05, 4.69) is 53.7 Å². The number of Topliss-reactive ketones (excluding diaryl/α,β-unsaturated/α-hetero) is 1. The minimum absolute atomic E-state index is 0.0261. The molecule has 3 aromatic carbocycles. The van der Waals surface area contributed by atoms with Crippen molar-refractivity contribution in [2.45, 2.75) is 76.9 Å². The average molecular weight is 581 g/mol. The van der Waals surface area contributed by atoms with Crippen molar-refractivity contribution in [2.75, 3.05) is 20.1 Å². The van der Waals surface area contributed by atoms with Crippen LogP contribution in [0.2, 0.25) is 0 Å². The van der Waals surface area contributed by atoms with E-state index in [0.717, 1.165) is 58.9 Å². The lowest BCUT2D eigenvalue weighted by Gasteiger charge is -2.46. The van der Waals surface area contributed by atoms with Crippen molar-refractivity contribution in [3.63, 3.8) is 0 Å². The summed E-state index contributed by atoms with van der Waals surface area (Å²) in [6.07, 6.45) is 6.24. The first-order valence-corrected chi connectivity index (χ1v) is 16.0. The number of amides is 1. The van der Waals surface area contributed by atoms with Gasteiger partial charge in [-0.2, -0.15) is 0 Å². The first kappa shape index (κ1) is 29.4. The number of ketones is 1. The number of carbonyl (C=O) groups is 2. The van der Waals surface area contributed by atoms with E-state index in [9.17, 15) is 14.7 Å². The minimum Gasteiger partial charge on any atom is -0.507 e. The maximum absolute atomic E-state index is 13.2. The summed E-state index contributed by atoms with van der Waals surface area (Å²) in [5.74, 6) is 2.02. The number of fused-ring (bicyclic) bond motifs is 3. The van der Waals surface area contributed by atoms with Gasteiger partial charge in [0.2, 0.25) is 0 Å². The van der Waals surface area contributed by atoms with Crippen LogP contribution in [-0.2, 0) is 17.6 Å². The highest BCUT2D eigenvalue weighted by atomic mass is 16.5. The van der Waals surface area contributed by atoms with Crippen LogP contribution in [0.25, 0.3) is 11.1 Å². The van der Waals surface area contributed by atoms with E-state index in [1.165, 1.54) is 12.8 Å². The number of rotatable bonds is 10. The van der Waals surface area contributed by atoms with Crippen molar-refractivity contribution < 1.29 is 19.4 Å². The molecular weight excluding hydrogens is 536 g/mol. The van der Waals surface area contributed by atoms with E-state index < -0.39 is 0 Å². The predicted molar refractivity (Wildman–Crippen MR) is 170 cm³/mol. The second-order valence-corrected chi connectivity index (χ2v) is 13.1. The molecule has 2 N–H and O–H groups in total. The van der Waals surface area contributed by atoms with E-state index in [1.807, 2.05) is 32.0 Å². The fourth-order valence-corrected chi connectivity index (χ4v) is 7.21. The fraction of sp³-hybridized carbons (Fsp3) is 0.459. The Morgan fingerprint density at radius 2 is 1.67 bits per heavy atom. The van der Waals surface area contributed by atoms with Gasteiger partial charge < -0.3 is 20.1 Å². The van der Waals surface area contributed by atoms with Gasteiger partial charge in [-0.3, -0.25) is 9.59 Å². The van der Waals surface area contributed by atoms with Crippen molar-refractivity contribution in [3.05, 3.63) is 82.9 Å². The summed E-state index contributed by atoms with van der Waals surface area (Å²) in [4.78, 5) is 28.3. The molecule has 6 heteroatoms. The molecule has 226 valence electrons. The summed E-state index contributed by atoms with van der Waals surface area (Å²) in [5.41, 5.74) is 5.61. The molecule has 6 rings (SSSR count). The molecular formula is C37H44N2O4. The zero-order chi connectivity index (χ0) is 30.1. The number of phenolic OH excluding ortho intramolecular Hbond substituents is 1. The molecule has 3 aliphatic rings. The van der Waals surface area contributed by atoms with E-state index in [4.69, 9.17) is 4.74 Å². The number of ether oxygens (including phenoxy) is 1. The number of nitrogens with one attached hydrogen (secondary N) is 1. The Morgan fingerprint density at radius 3 is 2.35 bits per heavy atom. The van der Waals surface area contributed by atoms with Gasteiger partial charge in [0.25, 0.3) is 5.91 Å². The zero-order valence-corrected chi connectivity index (χ0v) is 25.6. The monoisotopic (exact) mass is 580 g/mol. The van der Waals surface area contributed by atoms with Gasteiger partial charge in [0.15, 0.2) is 0 Å². The molecule has 0 saturated heterocycles. The van der Waals surface area contributed by atoms with Gasteiger partial charge in [0.1, 0.15) is 17.3 Å². The van der Waals surface area contributed by atoms with Crippen LogP contribution in [-0.4, -0.2) is 54.0 Å². The molecule has 0 heterocycles. The summed E-state index contributed by atoms with van der Waals surface area (Å²) in [6.45, 7) is 5.61. The Hall–Kier alpha value is -3.64. The Kier molecular flexibility index (Phi) is 8.58. The van der Waals surface area contributed by atoms with Gasteiger partial charge in [-0.25, -0.2) is 0 Å². The summed E-state index contributed by atoms with van der Waals surface area (Å²) < 4.78 is 5.74. The number of likely N-dealkylation sites (N-methyl/N-ethyl adjacent to an activating group) is 1. The van der Waals surface area contributed by atoms with Crippen molar-refractivity contribution in [1.29, 1.82) is 0 Å². The Balaban J connectivity index is 1.10. The maximum atomic E-state index is 13.2. The summed E-state index contributed by atoms with van der Waals surface area (Å²) in [7, 11) is 2.22. The van der Waals surface area contributed by atoms with Crippen LogP contribution in [0.3, 0.4) is 0 Å². The van der Waals surface area contributed by atoms with Crippen molar-refractivity contribution in [3.8, 4) is 22.6 Å². The van der Waals surface area contributed by atoms with Crippen LogP contribution >= 0.6 is 0 Å². The topological polar surface area (TPSA) is 78.9 Å². The first-order chi connectivity index (χ1) is 20.8. The highest BCUT2D eigenvalue weighted by Crippen LogP contribution is 2.49. The molecule has 0 radical (unpaired) electrons. The van der Waals surface area contributed by atoms with Crippen LogP contribution in [0.1, 0.15) is 78.9 Å². The van der Waals surface area contributed by atoms with Gasteiger partial charge in [-0.1, -0.05) is 42.5 Å². The number of carbonyl (C=O) groups excluding carboxylic acids is 2. The van der Waals surface area contributed by atoms with Crippen LogP contribution in [0.5, 0.6) is 11.5 Å². The molecule has 0 aromatic heterocycles. The van der Waals surface area contributed by atoms with Crippen molar-refractivity contribution >= 4 is 11.7 Å². The number of hydrogen-bond acceptors (Lipinski definition) is 5. The smallest absolute Gasteiger partial charge is 0.255 e. The SMILES string of the molecule is CC(C)Oc1ccc(-c2ccc(CCNC(=O)c3ccc4c(c3O)C3CC(=O)CC[C@H]3[C@H](N(C)CC3CC3)C4)cc2)cc1. The molecule has 43 heavy (non-hydrogen) atoms. The first-order valence-electron chi connectivity index (χ1n) is 16.0. The summed E-state index contributed by atoms with van der Waals surface area (Å²) >= 11 is 0. The van der Waals surface area contributed by atoms with Crippen molar-refractivity contribution in [1.82, 2.24) is 10.2 Å². The second kappa shape index (κ2) is 12.5. The molecule has 6 nitrogen and oxygen atoms in total. The van der Waals surface area contributed by atoms with Crippen LogP contribution < -0.4 is 10.1 Å². The van der Waals surface area contributed by atoms with Crippen LogP contribution in [0.15, 0.2) is 60.7 Å². The third-order valence-electron chi connectivity index (χ3n) is 9.59. The number of hydrogen-bond donors (Lipinski definition) is 2. The molecule has 0 spiro atoms. The third kappa shape index (κ3) is 6.65. The number of aromatic hydroxyl groups is 1. The molecule has 1 amide bonds. The Morgan fingerprint density at radius 1 is 0.977 bits per heavy atom. The Bertz CT molecular complexity index is 1460. The van der Waals surface area contributed by atoms with E-state index in [1.54, 1.807) is 6.07 Å². The minimum atomic E-state index is -0.271. The lowest BCUT2D eigenvalue weighted by Crippen LogP contribution is -2.47. The summed E-state index contributed by atoms with van der Waals surface area (Å²) in [6, 6.07) is 20.6. The van der Waals surface area contributed by atoms with Gasteiger partial charge in [-0.05, 0) is 111 Å². The van der Waals surface area contributed by atoms with Crippen LogP contribution in [0, 0.1) is 11.8 Å². The Labute approximate surface area is 255 Å². The zero-order valence-electron chi connectivity index (χ0n) is 25.6. The standard InChI is InChI=1S/C37H44N2O4/c1-23(2)43-30-14-10-27(11-15-30)26-8-6-24(7-9-26)18-19-38-37(42)32-16-12-28-20-34(39(3)22-25-4-5-25)31-17-13-29(40)21-33(31)35(28)36(32)41/h6-12,14-16,23,25,31,33-34,41H,4-5,13,17-22H2,1-3H3,(H,38,42)/t31-,33?,34-/m1/s1. The molecule has 0 aliphatic heterocycles. The van der Waals surface area contributed by atoms with Gasteiger partial charge in [-0.15, -0.1) is 0 Å². The van der Waals surface area contributed by atoms with E-state index in [-0.39, 0.29) is 29.5 Å². The van der Waals surface area contributed by atoms with E-state index >= 15 is 0 Å². The molecule has 2 fully saturated rings. The molecule has 3 aliphatic carbocycles. The lowest BCUT2D eigenvalue weighted by molar-refractivity contribution is -0.122. The third-order valence-corrected chi connectivity index (χ3v) is 9.59. The normalized spacial score (nSPS) is 21.4. The van der Waals surface area contributed by atoms with Gasteiger partial charge in [0, 0.05) is 37.5 Å². The van der Waals surface area contributed by atoms with Gasteiger partial charge >= 0.3 is 0 Å². The van der Waals surface area contributed by atoms with Crippen LogP contribution in [0.4, 0.5) is 0 Å². The highest BCUT2D eigenvalue weighted by Gasteiger charge is 2.44. The van der Waals surface area contributed by atoms with Gasteiger partial charge in [0.05, 0.1) is 11.7 Å². The largest absolute Gasteiger partial charge is 0.507 e. The fourth-order valence-electron chi connectivity index (χ4n) is 7.21. The second-order valence-electron chi connectivity index (χ2n) is 13.1. The molecule has 3 aromatic rings. The molecule has 0 bridgehead atoms. The molecule has 1 unspecified atom stereocenters. The lowest BCUT2D eigenvalue weighted by atomic mass is 9.64. The predicted octanol–water partition coefficient (Wildman–Crippen LogP) is 6.54. The average Bonchev–Trinajstić information content (AvgIpc) is 3.81. The van der Waals surface area contributed by atoms with E-state index in [0.29, 0.717) is 43.3 Å². The molecule has 2 saturated carbocycles. The highest BCUT2D eigenvalue weighted by molar-refractivity contribution is 5.97. The number of nitrogens with zero attached hydrogens (tertiary/aromatic N) is 1. The summed E-state index contributed by atoms with van der Waals surface area (Å²) in [5, 5.41) is 14.4. The maximum Gasteiger partial charge on any atom is 0.255 e. The number of benzene rings is 3. The van der Waals surface area contributed by atoms with Crippen molar-refractivity contribution in [2.24, 2.45) is 11.8 Å². The molecule has 3 atom stereocenters. The number of phenols is 1.